The summed E-state index contributed by atoms with van der Waals surface area (Å²) < 4.78 is 44.6. The average Bonchev–Trinajstić information content (AvgIpc) is 3.66. The first-order chi connectivity index (χ1) is 22.4. The summed E-state index contributed by atoms with van der Waals surface area (Å²) in [6.07, 6.45) is 1.87. The second kappa shape index (κ2) is 12.6. The quantitative estimate of drug-likeness (QED) is 0.149. The van der Waals surface area contributed by atoms with Gasteiger partial charge < -0.3 is 24.2 Å². The Kier molecular flexibility index (Phi) is 9.55. The summed E-state index contributed by atoms with van der Waals surface area (Å²) >= 11 is 4.87. The van der Waals surface area contributed by atoms with E-state index in [9.17, 15) is 18.4 Å². The number of benzene rings is 2. The molecule has 2 aliphatic rings. The minimum Gasteiger partial charge on any atom is -0.420 e. The topological polar surface area (TPSA) is 115 Å². The minimum absolute atomic E-state index is 0.0496. The molecule has 1 fully saturated rings. The molecular weight excluding hydrogens is 686 g/mol. The maximum Gasteiger partial charge on any atom is 0.487 e. The molecule has 266 valence electrons. The number of hydrogen-bond donors (Lipinski definition) is 3. The molecule has 1 saturated carbocycles. The number of alkyl halides is 3. The number of amides is 2. The molecule has 14 heteroatoms. The molecule has 3 N–H and O–H groups in total. The van der Waals surface area contributed by atoms with Crippen molar-refractivity contribution in [3.63, 3.8) is 0 Å². The highest BCUT2D eigenvalue weighted by molar-refractivity contribution is 6.74. The van der Waals surface area contributed by atoms with E-state index >= 15 is 0 Å². The summed E-state index contributed by atoms with van der Waals surface area (Å²) in [4.78, 5) is 27.9. The average molecular weight is 733 g/mol. The van der Waals surface area contributed by atoms with Gasteiger partial charge in [0, 0.05) is 45.9 Å². The number of H-pyrrole nitrogens is 1. The van der Waals surface area contributed by atoms with Crippen molar-refractivity contribution in [2.75, 3.05) is 10.6 Å². The lowest BCUT2D eigenvalue weighted by molar-refractivity contribution is -0.121. The zero-order chi connectivity index (χ0) is 36.4. The van der Waals surface area contributed by atoms with E-state index in [0.29, 0.717) is 35.5 Å². The van der Waals surface area contributed by atoms with Crippen LogP contribution in [0.5, 0.6) is 5.75 Å². The van der Waals surface area contributed by atoms with E-state index in [-0.39, 0.29) is 39.5 Å². The molecule has 5 rings (SSSR count). The predicted octanol–water partition coefficient (Wildman–Crippen LogP) is 9.26. The van der Waals surface area contributed by atoms with E-state index in [4.69, 9.17) is 20.5 Å². The monoisotopic (exact) mass is 732 g/mol. The van der Waals surface area contributed by atoms with Gasteiger partial charge in [0.2, 0.25) is 5.91 Å². The molecule has 1 aliphatic heterocycles. The van der Waals surface area contributed by atoms with E-state index in [1.807, 2.05) is 0 Å². The number of aromatic amines is 1. The highest BCUT2D eigenvalue weighted by atomic mass is 35.5. The van der Waals surface area contributed by atoms with Crippen LogP contribution in [-0.4, -0.2) is 56.4 Å². The lowest BCUT2D eigenvalue weighted by Crippen LogP contribution is -2.50. The first-order valence-corrected chi connectivity index (χ1v) is 22.6. The summed E-state index contributed by atoms with van der Waals surface area (Å²) in [5.74, 6) is -0.772. The SMILES string of the molecule is CC(C)(C)[Si](C)(C)OC1CC2(CC1O[Si](C)(C)C(C)(C)C)C(=O)Nc1cc(C(=O)Nc3ccc(OC(F)(F)Cl)cc3)cc(-c3ccn[nH]3)c12. The molecule has 0 saturated heterocycles. The first-order valence-electron chi connectivity index (χ1n) is 16.4. The summed E-state index contributed by atoms with van der Waals surface area (Å²) in [6, 6.07) is 10.6. The minimum atomic E-state index is -3.85. The maximum atomic E-state index is 14.3. The first kappa shape index (κ1) is 37.2. The van der Waals surface area contributed by atoms with Gasteiger partial charge in [-0.1, -0.05) is 41.5 Å². The number of hydrogen-bond acceptors (Lipinski definition) is 6. The molecule has 0 radical (unpaired) electrons. The van der Waals surface area contributed by atoms with Crippen molar-refractivity contribution in [3.05, 3.63) is 59.8 Å². The van der Waals surface area contributed by atoms with Crippen LogP contribution in [-0.2, 0) is 19.1 Å². The number of aromatic nitrogens is 2. The Labute approximate surface area is 294 Å². The van der Waals surface area contributed by atoms with Crippen LogP contribution in [0.4, 0.5) is 20.2 Å². The van der Waals surface area contributed by atoms with E-state index in [0.717, 1.165) is 5.56 Å². The Balaban J connectivity index is 1.55. The summed E-state index contributed by atoms with van der Waals surface area (Å²) in [6.45, 7) is 22.1. The van der Waals surface area contributed by atoms with Gasteiger partial charge in [0.25, 0.3) is 5.91 Å². The number of nitrogens with one attached hydrogen (secondary N) is 3. The molecule has 2 aromatic carbocycles. The number of rotatable bonds is 9. The molecule has 2 atom stereocenters. The second-order valence-electron chi connectivity index (χ2n) is 16.2. The molecule has 2 amide bonds. The third-order valence-electron chi connectivity index (χ3n) is 10.7. The molecule has 2 heterocycles. The van der Waals surface area contributed by atoms with E-state index < -0.39 is 33.5 Å². The highest BCUT2D eigenvalue weighted by Gasteiger charge is 2.60. The van der Waals surface area contributed by atoms with Crippen molar-refractivity contribution in [2.24, 2.45) is 0 Å². The van der Waals surface area contributed by atoms with E-state index in [1.165, 1.54) is 24.3 Å². The number of anilines is 2. The highest BCUT2D eigenvalue weighted by Crippen LogP contribution is 2.56. The lowest BCUT2D eigenvalue weighted by Gasteiger charge is -2.43. The third-order valence-corrected chi connectivity index (χ3v) is 19.8. The van der Waals surface area contributed by atoms with Crippen LogP contribution in [0.1, 0.15) is 70.3 Å². The molecule has 1 aromatic heterocycles. The van der Waals surface area contributed by atoms with E-state index in [2.05, 4.69) is 93.3 Å². The van der Waals surface area contributed by atoms with Gasteiger partial charge in [-0.25, -0.2) is 0 Å². The summed E-state index contributed by atoms with van der Waals surface area (Å²) in [5.41, 5.74) is -1.54. The van der Waals surface area contributed by atoms with Crippen LogP contribution in [0.25, 0.3) is 11.3 Å². The van der Waals surface area contributed by atoms with Crippen LogP contribution in [0.15, 0.2) is 48.7 Å². The molecule has 1 aliphatic carbocycles. The third kappa shape index (κ3) is 7.51. The standard InChI is InChI=1S/C35H47ClF2N4O5Si2/c1-32(2,3)48(7,8)46-27-19-34(20-28(27)47-49(9,10)33(4,5)6)29-24(25-15-16-39-42-25)17-21(18-26(29)41-31(34)44)30(43)40-22-11-13-23(14-12-22)45-35(36,37)38/h11-18,27-28H,19-20H2,1-10H3,(H,39,42)(H,40,43)(H,41,44). The smallest absolute Gasteiger partial charge is 0.420 e. The van der Waals surface area contributed by atoms with Crippen LogP contribution < -0.4 is 15.4 Å². The van der Waals surface area contributed by atoms with Crippen molar-refractivity contribution < 1.29 is 32.0 Å². The molecule has 9 nitrogen and oxygen atoms in total. The van der Waals surface area contributed by atoms with Crippen molar-refractivity contribution in [2.45, 2.75) is 114 Å². The number of halogens is 3. The number of nitrogens with zero attached hydrogens (tertiary/aromatic N) is 1. The largest absolute Gasteiger partial charge is 0.487 e. The van der Waals surface area contributed by atoms with E-state index in [1.54, 1.807) is 24.4 Å². The van der Waals surface area contributed by atoms with Gasteiger partial charge >= 0.3 is 5.57 Å². The second-order valence-corrected chi connectivity index (χ2v) is 26.2. The van der Waals surface area contributed by atoms with Crippen LogP contribution in [0.3, 0.4) is 0 Å². The van der Waals surface area contributed by atoms with Gasteiger partial charge in [-0.2, -0.15) is 5.10 Å². The molecule has 0 bridgehead atoms. The van der Waals surface area contributed by atoms with Crippen LogP contribution in [0.2, 0.25) is 36.3 Å². The van der Waals surface area contributed by atoms with Gasteiger partial charge in [0.05, 0.1) is 23.3 Å². The number of carbonyl (C=O) groups is 2. The fourth-order valence-electron chi connectivity index (χ4n) is 6.07. The molecule has 3 aromatic rings. The van der Waals surface area contributed by atoms with Crippen molar-refractivity contribution in [3.8, 4) is 17.0 Å². The van der Waals surface area contributed by atoms with Crippen molar-refractivity contribution >= 4 is 51.4 Å². The predicted molar refractivity (Wildman–Crippen MR) is 194 cm³/mol. The Morgan fingerprint density at radius 1 is 0.939 bits per heavy atom. The normalized spacial score (nSPS) is 21.5. The van der Waals surface area contributed by atoms with Crippen molar-refractivity contribution in [1.29, 1.82) is 0 Å². The molecule has 1 spiro atoms. The fourth-order valence-corrected chi connectivity index (χ4v) is 8.85. The lowest BCUT2D eigenvalue weighted by atomic mass is 9.76. The van der Waals surface area contributed by atoms with Crippen LogP contribution >= 0.6 is 11.6 Å². The Bertz CT molecular complexity index is 1680. The zero-order valence-electron chi connectivity index (χ0n) is 29.8. The zero-order valence-corrected chi connectivity index (χ0v) is 32.6. The van der Waals surface area contributed by atoms with Gasteiger partial charge in [-0.3, -0.25) is 14.7 Å². The maximum absolute atomic E-state index is 14.3. The number of fused-ring (bicyclic) bond motifs is 2. The van der Waals surface area contributed by atoms with Gasteiger partial charge in [0.1, 0.15) is 5.75 Å². The molecule has 49 heavy (non-hydrogen) atoms. The summed E-state index contributed by atoms with van der Waals surface area (Å²) in [7, 11) is -4.55. The van der Waals surface area contributed by atoms with Gasteiger partial charge in [0.15, 0.2) is 16.6 Å². The Morgan fingerprint density at radius 2 is 1.49 bits per heavy atom. The Hall–Kier alpha value is -3.11. The molecule has 2 unspecified atom stereocenters. The molecular formula is C35H47ClF2N4O5Si2. The number of carbonyl (C=O) groups excluding carboxylic acids is 2. The fraction of sp³-hybridized carbons (Fsp3) is 0.514. The Morgan fingerprint density at radius 3 is 1.96 bits per heavy atom. The van der Waals surface area contributed by atoms with Gasteiger partial charge in [-0.05, 0) is 91.6 Å². The number of ether oxygens (including phenoxy) is 1. The van der Waals surface area contributed by atoms with Crippen LogP contribution in [0, 0.1) is 0 Å². The van der Waals surface area contributed by atoms with Gasteiger partial charge in [-0.15, -0.1) is 8.78 Å². The summed E-state index contributed by atoms with van der Waals surface area (Å²) in [5, 5.41) is 13.0. The van der Waals surface area contributed by atoms with Crippen molar-refractivity contribution in [1.82, 2.24) is 10.2 Å².